The van der Waals surface area contributed by atoms with E-state index in [1.165, 1.54) is 12.1 Å². The summed E-state index contributed by atoms with van der Waals surface area (Å²) in [5, 5.41) is 8.52. The van der Waals surface area contributed by atoms with Crippen molar-refractivity contribution in [2.45, 2.75) is 31.0 Å². The molecule has 2 N–H and O–H groups in total. The number of hydrogen-bond donors (Lipinski definition) is 2. The summed E-state index contributed by atoms with van der Waals surface area (Å²) >= 11 is 1.16. The smallest absolute Gasteiger partial charge is 0.457 e. The fraction of sp³-hybridized carbons (Fsp3) is 0.217. The molecule has 0 aliphatic heterocycles. The van der Waals surface area contributed by atoms with Gasteiger partial charge in [-0.3, -0.25) is 14.3 Å². The molecule has 14 heteroatoms. The van der Waals surface area contributed by atoms with Gasteiger partial charge >= 0.3 is 12.1 Å². The molecule has 0 bridgehead atoms. The summed E-state index contributed by atoms with van der Waals surface area (Å²) in [5.74, 6) is 0.340. The topological polar surface area (TPSA) is 93.6 Å². The van der Waals surface area contributed by atoms with Gasteiger partial charge in [-0.25, -0.2) is 4.79 Å². The molecule has 6 radical (unpaired) electrons. The number of rotatable bonds is 7. The highest BCUT2D eigenvalue weighted by Crippen LogP contribution is 2.37. The average molecular weight is 522 g/mol. The van der Waals surface area contributed by atoms with Crippen molar-refractivity contribution >= 4 is 45.1 Å². The third-order valence-corrected chi connectivity index (χ3v) is 6.77. The predicted octanol–water partition coefficient (Wildman–Crippen LogP) is 3.36. The Morgan fingerprint density at radius 1 is 1.00 bits per heavy atom. The molecule has 4 rings (SSSR count). The average Bonchev–Trinajstić information content (AvgIpc) is 3.14. The van der Waals surface area contributed by atoms with Gasteiger partial charge in [0.05, 0.1) is 41.6 Å². The van der Waals surface area contributed by atoms with Crippen LogP contribution in [0.15, 0.2) is 58.1 Å². The molecule has 2 aromatic carbocycles. The maximum Gasteiger partial charge on any atom is 0.573 e. The van der Waals surface area contributed by atoms with Crippen LogP contribution in [0.4, 0.5) is 13.2 Å². The third kappa shape index (κ3) is 5.96. The Morgan fingerprint density at radius 3 is 2.08 bits per heavy atom. The van der Waals surface area contributed by atoms with E-state index in [-0.39, 0.29) is 17.7 Å². The van der Waals surface area contributed by atoms with Gasteiger partial charge in [-0.1, -0.05) is 0 Å². The molecule has 1 unspecified atom stereocenters. The first-order chi connectivity index (χ1) is 17.2. The van der Waals surface area contributed by atoms with Crippen LogP contribution in [-0.4, -0.2) is 50.7 Å². The van der Waals surface area contributed by atoms with Crippen molar-refractivity contribution in [1.29, 1.82) is 0 Å². The van der Waals surface area contributed by atoms with E-state index in [9.17, 15) is 27.9 Å². The number of benzene rings is 2. The summed E-state index contributed by atoms with van der Waals surface area (Å²) in [4.78, 5) is 28.3. The Labute approximate surface area is 216 Å². The summed E-state index contributed by atoms with van der Waals surface area (Å²) < 4.78 is 47.6. The number of aliphatic hydroxyl groups excluding tert-OH is 1. The van der Waals surface area contributed by atoms with Crippen LogP contribution in [0.1, 0.15) is 5.56 Å². The van der Waals surface area contributed by atoms with Gasteiger partial charge in [-0.05, 0) is 66.6 Å². The second-order valence-corrected chi connectivity index (χ2v) is 9.27. The molecule has 0 aliphatic rings. The number of thiophene rings is 1. The number of fused-ring (bicyclic) bond motifs is 1. The van der Waals surface area contributed by atoms with Crippen LogP contribution in [0.25, 0.3) is 20.7 Å². The van der Waals surface area contributed by atoms with Crippen molar-refractivity contribution in [1.82, 2.24) is 9.55 Å². The predicted molar refractivity (Wildman–Crippen MR) is 136 cm³/mol. The zero-order valence-corrected chi connectivity index (χ0v) is 20.0. The summed E-state index contributed by atoms with van der Waals surface area (Å²) in [6.45, 7) is 1.39. The maximum atomic E-state index is 12.6. The van der Waals surface area contributed by atoms with E-state index in [1.807, 2.05) is 0 Å². The van der Waals surface area contributed by atoms with Crippen LogP contribution in [0.5, 0.6) is 17.2 Å². The van der Waals surface area contributed by atoms with Gasteiger partial charge < -0.3 is 14.6 Å². The van der Waals surface area contributed by atoms with Crippen LogP contribution in [0, 0.1) is 6.92 Å². The van der Waals surface area contributed by atoms with Crippen molar-refractivity contribution in [2.24, 2.45) is 0 Å². The van der Waals surface area contributed by atoms with Gasteiger partial charge in [0.25, 0.3) is 5.56 Å². The molecule has 1 atom stereocenters. The largest absolute Gasteiger partial charge is 0.573 e. The first-order valence-electron chi connectivity index (χ1n) is 10.7. The lowest BCUT2D eigenvalue weighted by Crippen LogP contribution is -2.39. The number of aliphatic hydroxyl groups is 1. The van der Waals surface area contributed by atoms with Gasteiger partial charge in [0.2, 0.25) is 0 Å². The number of H-pyrrole nitrogens is 1. The molecule has 2 heterocycles. The molecular formula is C23H16B3F3N2O5S. The van der Waals surface area contributed by atoms with Crippen LogP contribution in [-0.2, 0) is 6.54 Å². The summed E-state index contributed by atoms with van der Waals surface area (Å²) in [6.07, 6.45) is -6.26. The van der Waals surface area contributed by atoms with E-state index in [2.05, 4.69) is 9.72 Å². The monoisotopic (exact) mass is 522 g/mol. The van der Waals surface area contributed by atoms with Crippen LogP contribution in [0.2, 0.25) is 5.11 Å². The van der Waals surface area contributed by atoms with Gasteiger partial charge in [0, 0.05) is 4.88 Å². The second-order valence-electron chi connectivity index (χ2n) is 8.27. The van der Waals surface area contributed by atoms with Crippen molar-refractivity contribution < 1.29 is 27.8 Å². The minimum atomic E-state index is -4.79. The number of hydrogen-bond acceptors (Lipinski definition) is 6. The Hall–Kier alpha value is -3.38. The number of aromatic amines is 1. The molecule has 0 spiro atoms. The van der Waals surface area contributed by atoms with Crippen molar-refractivity contribution in [3.8, 4) is 27.7 Å². The molecule has 0 fully saturated rings. The zero-order chi connectivity index (χ0) is 27.1. The number of ether oxygens (including phenoxy) is 2. The standard InChI is InChI=1S/C23H16B3F3N2O5S/c1-11-17-19(33)30-21(34)31(10-16(32)22(24,25)26)20(17)37-18(11)12-2-4-13(5-3-12)35-14-6-8-15(9-7-14)36-23(27,28)29/h2-9,16,32H,10H2,1H3,(H,30,33,34). The molecule has 37 heavy (non-hydrogen) atoms. The molecule has 184 valence electrons. The molecule has 0 amide bonds. The van der Waals surface area contributed by atoms with E-state index in [1.54, 1.807) is 31.2 Å². The summed E-state index contributed by atoms with van der Waals surface area (Å²) in [6, 6.07) is 11.7. The van der Waals surface area contributed by atoms with E-state index in [0.29, 0.717) is 32.3 Å². The highest BCUT2D eigenvalue weighted by molar-refractivity contribution is 7.22. The van der Waals surface area contributed by atoms with E-state index >= 15 is 0 Å². The Bertz CT molecular complexity index is 1540. The first kappa shape index (κ1) is 26.7. The second kappa shape index (κ2) is 9.83. The van der Waals surface area contributed by atoms with E-state index in [4.69, 9.17) is 28.3 Å². The number of nitrogens with zero attached hydrogens (tertiary/aromatic N) is 1. The SMILES string of the molecule is [B]C([B])([B])C(O)Cn1c(=O)[nH]c(=O)c2c(C)c(-c3ccc(Oc4ccc(OC(F)(F)F)cc4)cc3)sc21. The third-order valence-electron chi connectivity index (χ3n) is 5.41. The zero-order valence-electron chi connectivity index (χ0n) is 19.2. The Balaban J connectivity index is 1.62. The normalized spacial score (nSPS) is 13.0. The highest BCUT2D eigenvalue weighted by Gasteiger charge is 2.31. The van der Waals surface area contributed by atoms with Gasteiger partial charge in [-0.2, -0.15) is 0 Å². The van der Waals surface area contributed by atoms with E-state index in [0.717, 1.165) is 28.0 Å². The molecule has 0 saturated heterocycles. The molecule has 2 aromatic heterocycles. The number of aromatic nitrogens is 2. The van der Waals surface area contributed by atoms with Gasteiger partial charge in [0.1, 0.15) is 22.1 Å². The Kier molecular flexibility index (Phi) is 7.09. The lowest BCUT2D eigenvalue weighted by molar-refractivity contribution is -0.274. The number of aryl methyl sites for hydroxylation is 1. The van der Waals surface area contributed by atoms with Crippen molar-refractivity contribution in [2.75, 3.05) is 0 Å². The molecule has 4 aromatic rings. The van der Waals surface area contributed by atoms with E-state index < -0.39 is 28.8 Å². The minimum absolute atomic E-state index is 0.268. The van der Waals surface area contributed by atoms with Crippen molar-refractivity contribution in [3.05, 3.63) is 74.9 Å². The summed E-state index contributed by atoms with van der Waals surface area (Å²) in [5.41, 5.74) is -0.00480. The van der Waals surface area contributed by atoms with Crippen LogP contribution < -0.4 is 20.7 Å². The van der Waals surface area contributed by atoms with Gasteiger partial charge in [0.15, 0.2) is 0 Å². The highest BCUT2D eigenvalue weighted by atomic mass is 32.1. The maximum absolute atomic E-state index is 12.6. The molecule has 0 saturated carbocycles. The molecular weight excluding hydrogens is 506 g/mol. The molecule has 0 aliphatic carbocycles. The molecule has 7 nitrogen and oxygen atoms in total. The van der Waals surface area contributed by atoms with Crippen LogP contribution >= 0.6 is 11.3 Å². The quantitative estimate of drug-likeness (QED) is 0.364. The Morgan fingerprint density at radius 2 is 1.54 bits per heavy atom. The number of halogens is 3. The summed E-state index contributed by atoms with van der Waals surface area (Å²) in [7, 11) is 16.6. The van der Waals surface area contributed by atoms with Crippen molar-refractivity contribution in [3.63, 3.8) is 0 Å². The minimum Gasteiger partial charge on any atom is -0.457 e. The van der Waals surface area contributed by atoms with Gasteiger partial charge in [-0.15, -0.1) is 29.6 Å². The number of alkyl halides is 3. The van der Waals surface area contributed by atoms with Crippen LogP contribution in [0.3, 0.4) is 0 Å². The lowest BCUT2D eigenvalue weighted by Gasteiger charge is -2.27. The number of nitrogens with one attached hydrogen (secondary N) is 1. The fourth-order valence-electron chi connectivity index (χ4n) is 3.57. The fourth-order valence-corrected chi connectivity index (χ4v) is 4.89. The first-order valence-corrected chi connectivity index (χ1v) is 11.5. The lowest BCUT2D eigenvalue weighted by atomic mass is 9.40.